The van der Waals surface area contributed by atoms with E-state index in [0.29, 0.717) is 0 Å². The number of aliphatic hydroxyl groups excluding tert-OH is 4. The first kappa shape index (κ1) is 14.2. The molecule has 6 atom stereocenters. The number of ketones is 1. The van der Waals surface area contributed by atoms with Gasteiger partial charge in [0.25, 0.3) is 0 Å². The average Bonchev–Trinajstić information content (AvgIpc) is 2.34. The van der Waals surface area contributed by atoms with Crippen LogP contribution in [0.15, 0.2) is 12.7 Å². The van der Waals surface area contributed by atoms with Crippen molar-refractivity contribution >= 4 is 5.78 Å². The molecular formula is C10H16O7. The molecule has 1 aliphatic heterocycles. The minimum absolute atomic E-state index is 0.757. The van der Waals surface area contributed by atoms with Gasteiger partial charge >= 0.3 is 0 Å². The summed E-state index contributed by atoms with van der Waals surface area (Å²) in [6.07, 6.45) is -8.06. The predicted molar refractivity (Wildman–Crippen MR) is 54.9 cm³/mol. The normalized spacial score (nSPS) is 39.7. The Balaban J connectivity index is 2.85. The van der Waals surface area contributed by atoms with E-state index in [9.17, 15) is 25.2 Å². The van der Waals surface area contributed by atoms with Crippen LogP contribution in [-0.4, -0.2) is 70.1 Å². The fraction of sp³-hybridized carbons (Fsp3) is 0.700. The number of hydrogen-bond donors (Lipinski definition) is 4. The maximum Gasteiger partial charge on any atom is 0.186 e. The second-order valence-electron chi connectivity index (χ2n) is 3.73. The van der Waals surface area contributed by atoms with Crippen molar-refractivity contribution in [3.63, 3.8) is 0 Å². The molecule has 0 spiro atoms. The quantitative estimate of drug-likeness (QED) is 0.408. The summed E-state index contributed by atoms with van der Waals surface area (Å²) in [4.78, 5) is 11.2. The monoisotopic (exact) mass is 248 g/mol. The lowest BCUT2D eigenvalue weighted by molar-refractivity contribution is -0.301. The Morgan fingerprint density at radius 3 is 2.41 bits per heavy atom. The first-order chi connectivity index (χ1) is 7.93. The van der Waals surface area contributed by atoms with Crippen LogP contribution in [0.1, 0.15) is 0 Å². The Hall–Kier alpha value is -0.830. The van der Waals surface area contributed by atoms with Gasteiger partial charge in [-0.3, -0.25) is 4.79 Å². The van der Waals surface area contributed by atoms with E-state index >= 15 is 0 Å². The van der Waals surface area contributed by atoms with E-state index in [1.807, 2.05) is 0 Å². The Bertz CT molecular complexity index is 290. The molecule has 0 aromatic rings. The number of rotatable bonds is 4. The van der Waals surface area contributed by atoms with Gasteiger partial charge in [-0.25, -0.2) is 0 Å². The summed E-state index contributed by atoms with van der Waals surface area (Å²) in [7, 11) is 1.22. The van der Waals surface area contributed by atoms with E-state index < -0.39 is 42.6 Å². The minimum atomic E-state index is -1.68. The number of carbonyl (C=O) groups is 1. The van der Waals surface area contributed by atoms with Crippen molar-refractivity contribution in [1.29, 1.82) is 0 Å². The van der Waals surface area contributed by atoms with Crippen LogP contribution in [0.5, 0.6) is 0 Å². The van der Waals surface area contributed by atoms with Gasteiger partial charge in [0.05, 0.1) is 0 Å². The fourth-order valence-corrected chi connectivity index (χ4v) is 1.61. The smallest absolute Gasteiger partial charge is 0.186 e. The summed E-state index contributed by atoms with van der Waals surface area (Å²) in [6, 6.07) is 0. The minimum Gasteiger partial charge on any atom is -0.387 e. The zero-order chi connectivity index (χ0) is 13.2. The van der Waals surface area contributed by atoms with Gasteiger partial charge in [0, 0.05) is 7.11 Å². The molecular weight excluding hydrogens is 232 g/mol. The molecule has 4 N–H and O–H groups in total. The topological polar surface area (TPSA) is 116 Å². The molecule has 1 saturated heterocycles. The second-order valence-corrected chi connectivity index (χ2v) is 3.73. The van der Waals surface area contributed by atoms with Gasteiger partial charge in [-0.15, -0.1) is 0 Å². The maximum atomic E-state index is 11.2. The number of carbonyl (C=O) groups excluding carboxylic acids is 1. The van der Waals surface area contributed by atoms with Crippen LogP contribution < -0.4 is 0 Å². The van der Waals surface area contributed by atoms with Gasteiger partial charge in [0.1, 0.15) is 30.5 Å². The highest BCUT2D eigenvalue weighted by Gasteiger charge is 2.47. The lowest BCUT2D eigenvalue weighted by Gasteiger charge is -2.40. The molecule has 1 heterocycles. The summed E-state index contributed by atoms with van der Waals surface area (Å²) in [6.45, 7) is 3.18. The lowest BCUT2D eigenvalue weighted by atomic mass is 9.93. The third kappa shape index (κ3) is 2.71. The number of hydrogen-bond acceptors (Lipinski definition) is 7. The molecule has 0 bridgehead atoms. The van der Waals surface area contributed by atoms with Crippen molar-refractivity contribution in [1.82, 2.24) is 0 Å². The SMILES string of the molecule is C=CC(=O)C(O)[C@H]1OC(OC)[C@H](O)[C@@H](O)[C@@H]1O. The van der Waals surface area contributed by atoms with Crippen molar-refractivity contribution in [3.8, 4) is 0 Å². The molecule has 7 heteroatoms. The summed E-state index contributed by atoms with van der Waals surface area (Å²) in [5.41, 5.74) is 0. The predicted octanol–water partition coefficient (Wildman–Crippen LogP) is -2.44. The molecule has 0 saturated carbocycles. The Morgan fingerprint density at radius 1 is 1.35 bits per heavy atom. The van der Waals surface area contributed by atoms with Gasteiger partial charge in [-0.1, -0.05) is 6.58 Å². The Labute approximate surface area is 97.9 Å². The number of aliphatic hydroxyl groups is 4. The first-order valence-corrected chi connectivity index (χ1v) is 5.00. The van der Waals surface area contributed by atoms with Gasteiger partial charge in [0.2, 0.25) is 0 Å². The fourth-order valence-electron chi connectivity index (χ4n) is 1.61. The van der Waals surface area contributed by atoms with Crippen LogP contribution in [0, 0.1) is 0 Å². The maximum absolute atomic E-state index is 11.2. The van der Waals surface area contributed by atoms with Crippen molar-refractivity contribution in [3.05, 3.63) is 12.7 Å². The molecule has 1 aliphatic rings. The summed E-state index contributed by atoms with van der Waals surface area (Å²) >= 11 is 0. The number of methoxy groups -OCH3 is 1. The van der Waals surface area contributed by atoms with Crippen LogP contribution in [0.4, 0.5) is 0 Å². The highest BCUT2D eigenvalue weighted by Crippen LogP contribution is 2.24. The largest absolute Gasteiger partial charge is 0.387 e. The third-order valence-corrected chi connectivity index (χ3v) is 2.64. The van der Waals surface area contributed by atoms with E-state index in [1.54, 1.807) is 0 Å². The van der Waals surface area contributed by atoms with E-state index in [-0.39, 0.29) is 0 Å². The van der Waals surface area contributed by atoms with Crippen LogP contribution in [-0.2, 0) is 14.3 Å². The molecule has 1 fully saturated rings. The zero-order valence-electron chi connectivity index (χ0n) is 9.26. The van der Waals surface area contributed by atoms with Crippen molar-refractivity contribution in [2.45, 2.75) is 36.8 Å². The Morgan fingerprint density at radius 2 is 1.94 bits per heavy atom. The van der Waals surface area contributed by atoms with Crippen LogP contribution >= 0.6 is 0 Å². The van der Waals surface area contributed by atoms with E-state index in [4.69, 9.17) is 9.47 Å². The summed E-state index contributed by atoms with van der Waals surface area (Å²) in [5.74, 6) is -0.757. The average molecular weight is 248 g/mol. The van der Waals surface area contributed by atoms with Crippen molar-refractivity contribution in [2.75, 3.05) is 7.11 Å². The lowest BCUT2D eigenvalue weighted by Crippen LogP contribution is -2.62. The highest BCUT2D eigenvalue weighted by atomic mass is 16.7. The van der Waals surface area contributed by atoms with E-state index in [1.165, 1.54) is 7.11 Å². The third-order valence-electron chi connectivity index (χ3n) is 2.64. The van der Waals surface area contributed by atoms with Gasteiger partial charge in [0.15, 0.2) is 12.1 Å². The van der Waals surface area contributed by atoms with Gasteiger partial charge < -0.3 is 29.9 Å². The molecule has 1 rings (SSSR count). The van der Waals surface area contributed by atoms with Crippen LogP contribution in [0.3, 0.4) is 0 Å². The molecule has 98 valence electrons. The van der Waals surface area contributed by atoms with Gasteiger partial charge in [-0.2, -0.15) is 0 Å². The van der Waals surface area contributed by atoms with Crippen molar-refractivity contribution < 1.29 is 34.7 Å². The van der Waals surface area contributed by atoms with Crippen molar-refractivity contribution in [2.24, 2.45) is 0 Å². The van der Waals surface area contributed by atoms with Crippen LogP contribution in [0.2, 0.25) is 0 Å². The van der Waals surface area contributed by atoms with E-state index in [0.717, 1.165) is 6.08 Å². The molecule has 0 amide bonds. The molecule has 0 aromatic carbocycles. The molecule has 0 aromatic heterocycles. The first-order valence-electron chi connectivity index (χ1n) is 5.00. The molecule has 0 radical (unpaired) electrons. The molecule has 17 heavy (non-hydrogen) atoms. The number of ether oxygens (including phenoxy) is 2. The second kappa shape index (κ2) is 5.67. The zero-order valence-corrected chi connectivity index (χ0v) is 9.26. The standard InChI is InChI=1S/C10H16O7/c1-3-4(11)5(12)9-7(14)6(13)8(15)10(16-2)17-9/h3,5-10,12-15H,1H2,2H3/t5?,6-,7-,8+,9+,10?/m0/s1. The molecule has 0 aliphatic carbocycles. The Kier molecular flexibility index (Phi) is 4.75. The highest BCUT2D eigenvalue weighted by molar-refractivity contribution is 5.93. The molecule has 2 unspecified atom stereocenters. The van der Waals surface area contributed by atoms with E-state index in [2.05, 4.69) is 6.58 Å². The summed E-state index contributed by atoms with van der Waals surface area (Å²) in [5, 5.41) is 38.1. The van der Waals surface area contributed by atoms with Gasteiger partial charge in [-0.05, 0) is 6.08 Å². The summed E-state index contributed by atoms with van der Waals surface area (Å²) < 4.78 is 9.74. The van der Waals surface area contributed by atoms with Crippen LogP contribution in [0.25, 0.3) is 0 Å². The molecule has 7 nitrogen and oxygen atoms in total.